The van der Waals surface area contributed by atoms with Gasteiger partial charge in [0.1, 0.15) is 21.6 Å². The Morgan fingerprint density at radius 3 is 2.17 bits per heavy atom. The van der Waals surface area contributed by atoms with Gasteiger partial charge in [-0.05, 0) is 24.6 Å². The van der Waals surface area contributed by atoms with Crippen LogP contribution in [-0.4, -0.2) is 36.1 Å². The minimum absolute atomic E-state index is 0.716. The number of piperazine rings is 1. The maximum absolute atomic E-state index is 9.56. The normalized spacial score (nSPS) is 14.1. The summed E-state index contributed by atoms with van der Waals surface area (Å²) in [5.41, 5.74) is 3.24. The first kappa shape index (κ1) is 18.6. The average Bonchev–Trinajstić information content (AvgIpc) is 3.15. The summed E-state index contributed by atoms with van der Waals surface area (Å²) in [6, 6.07) is 22.9. The molecule has 0 aliphatic carbocycles. The van der Waals surface area contributed by atoms with Gasteiger partial charge in [-0.25, -0.2) is 9.97 Å². The van der Waals surface area contributed by atoms with Crippen molar-refractivity contribution in [2.45, 2.75) is 6.92 Å². The molecule has 0 unspecified atom stereocenters. The Hall–Kier alpha value is -3.43. The van der Waals surface area contributed by atoms with Gasteiger partial charge in [0.25, 0.3) is 0 Å². The summed E-state index contributed by atoms with van der Waals surface area (Å²) in [7, 11) is 0. The van der Waals surface area contributed by atoms with E-state index in [1.54, 1.807) is 0 Å². The number of fused-ring (bicyclic) bond motifs is 1. The van der Waals surface area contributed by atoms with E-state index in [-0.39, 0.29) is 0 Å². The molecule has 2 aromatic carbocycles. The molecule has 0 bridgehead atoms. The van der Waals surface area contributed by atoms with Crippen molar-refractivity contribution >= 4 is 33.1 Å². The Balaban J connectivity index is 1.54. The second-order valence-corrected chi connectivity index (χ2v) is 8.39. The molecular formula is C24H21N5S. The minimum Gasteiger partial charge on any atom is -0.368 e. The maximum Gasteiger partial charge on any atom is 0.163 e. The van der Waals surface area contributed by atoms with Crippen LogP contribution in [0.4, 0.5) is 11.5 Å². The van der Waals surface area contributed by atoms with Crippen LogP contribution in [0.3, 0.4) is 0 Å². The molecule has 5 nitrogen and oxygen atoms in total. The molecule has 1 aliphatic heterocycles. The molecule has 0 saturated carbocycles. The lowest BCUT2D eigenvalue weighted by molar-refractivity contribution is 0.649. The lowest BCUT2D eigenvalue weighted by Gasteiger charge is -2.37. The van der Waals surface area contributed by atoms with Gasteiger partial charge >= 0.3 is 0 Å². The largest absolute Gasteiger partial charge is 0.368 e. The Morgan fingerprint density at radius 1 is 0.867 bits per heavy atom. The minimum atomic E-state index is 0.716. The van der Waals surface area contributed by atoms with Gasteiger partial charge < -0.3 is 9.80 Å². The highest BCUT2D eigenvalue weighted by Crippen LogP contribution is 2.37. The van der Waals surface area contributed by atoms with Crippen LogP contribution in [0, 0.1) is 18.3 Å². The lowest BCUT2D eigenvalue weighted by atomic mass is 10.1. The van der Waals surface area contributed by atoms with Gasteiger partial charge in [-0.3, -0.25) is 0 Å². The van der Waals surface area contributed by atoms with Crippen molar-refractivity contribution in [3.8, 4) is 17.5 Å². The van der Waals surface area contributed by atoms with E-state index >= 15 is 0 Å². The van der Waals surface area contributed by atoms with Gasteiger partial charge in [-0.15, -0.1) is 11.3 Å². The fraction of sp³-hybridized carbons (Fsp3) is 0.208. The van der Waals surface area contributed by atoms with Crippen molar-refractivity contribution in [3.63, 3.8) is 0 Å². The predicted octanol–water partition coefficient (Wildman–Crippen LogP) is 4.87. The fourth-order valence-electron chi connectivity index (χ4n) is 3.98. The van der Waals surface area contributed by atoms with E-state index in [0.717, 1.165) is 53.3 Å². The number of benzene rings is 2. The molecular weight excluding hydrogens is 390 g/mol. The van der Waals surface area contributed by atoms with Crippen molar-refractivity contribution < 1.29 is 0 Å². The van der Waals surface area contributed by atoms with Gasteiger partial charge in [-0.2, -0.15) is 5.26 Å². The molecule has 30 heavy (non-hydrogen) atoms. The summed E-state index contributed by atoms with van der Waals surface area (Å²) in [6.07, 6.45) is 0. The van der Waals surface area contributed by atoms with Gasteiger partial charge in [0.15, 0.2) is 5.82 Å². The van der Waals surface area contributed by atoms with Crippen LogP contribution in [0.5, 0.6) is 0 Å². The average molecular weight is 412 g/mol. The number of aryl methyl sites for hydroxylation is 1. The van der Waals surface area contributed by atoms with Crippen molar-refractivity contribution in [2.24, 2.45) is 0 Å². The van der Waals surface area contributed by atoms with Crippen molar-refractivity contribution in [1.82, 2.24) is 9.97 Å². The smallest absolute Gasteiger partial charge is 0.163 e. The summed E-state index contributed by atoms with van der Waals surface area (Å²) in [4.78, 5) is 16.2. The second kappa shape index (κ2) is 7.77. The SMILES string of the molecule is Cc1c(C#N)sc2nc(-c3ccccc3)nc(N3CCN(c4ccccc4)CC3)c12. The molecule has 0 atom stereocenters. The van der Waals surface area contributed by atoms with Gasteiger partial charge in [0, 0.05) is 37.4 Å². The van der Waals surface area contributed by atoms with E-state index in [0.29, 0.717) is 10.7 Å². The number of rotatable bonds is 3. The van der Waals surface area contributed by atoms with Crippen LogP contribution < -0.4 is 9.80 Å². The summed E-state index contributed by atoms with van der Waals surface area (Å²) < 4.78 is 0. The second-order valence-electron chi connectivity index (χ2n) is 7.39. The van der Waals surface area contributed by atoms with E-state index in [1.165, 1.54) is 17.0 Å². The molecule has 2 aromatic heterocycles. The zero-order valence-electron chi connectivity index (χ0n) is 16.7. The number of para-hydroxylation sites is 1. The van der Waals surface area contributed by atoms with Crippen molar-refractivity contribution in [3.05, 3.63) is 71.1 Å². The highest BCUT2D eigenvalue weighted by atomic mass is 32.1. The van der Waals surface area contributed by atoms with Crippen LogP contribution in [0.1, 0.15) is 10.4 Å². The monoisotopic (exact) mass is 411 g/mol. The molecule has 1 fully saturated rings. The summed E-state index contributed by atoms with van der Waals surface area (Å²) in [5.74, 6) is 1.66. The van der Waals surface area contributed by atoms with E-state index in [4.69, 9.17) is 9.97 Å². The van der Waals surface area contributed by atoms with Crippen molar-refractivity contribution in [1.29, 1.82) is 5.26 Å². The Morgan fingerprint density at radius 2 is 1.50 bits per heavy atom. The molecule has 1 aliphatic rings. The van der Waals surface area contributed by atoms with E-state index < -0.39 is 0 Å². The zero-order chi connectivity index (χ0) is 20.5. The third kappa shape index (κ3) is 3.27. The molecule has 1 saturated heterocycles. The lowest BCUT2D eigenvalue weighted by Crippen LogP contribution is -2.47. The third-order valence-corrected chi connectivity index (χ3v) is 6.70. The molecule has 4 aromatic rings. The number of anilines is 2. The molecule has 3 heterocycles. The number of nitriles is 1. The first-order valence-corrected chi connectivity index (χ1v) is 10.9. The molecule has 0 radical (unpaired) electrons. The summed E-state index contributed by atoms with van der Waals surface area (Å²) in [5, 5.41) is 10.6. The van der Waals surface area contributed by atoms with Crippen LogP contribution in [0.25, 0.3) is 21.6 Å². The number of hydrogen-bond acceptors (Lipinski definition) is 6. The highest BCUT2D eigenvalue weighted by molar-refractivity contribution is 7.19. The maximum atomic E-state index is 9.56. The molecule has 0 N–H and O–H groups in total. The number of nitrogens with zero attached hydrogens (tertiary/aromatic N) is 5. The Bertz CT molecular complexity index is 1220. The van der Waals surface area contributed by atoms with Crippen LogP contribution in [-0.2, 0) is 0 Å². The van der Waals surface area contributed by atoms with Gasteiger partial charge in [0.05, 0.1) is 5.39 Å². The summed E-state index contributed by atoms with van der Waals surface area (Å²) in [6.45, 7) is 5.64. The van der Waals surface area contributed by atoms with Crippen LogP contribution in [0.15, 0.2) is 60.7 Å². The molecule has 6 heteroatoms. The van der Waals surface area contributed by atoms with Crippen LogP contribution >= 0.6 is 11.3 Å². The first-order valence-electron chi connectivity index (χ1n) is 10.1. The van der Waals surface area contributed by atoms with E-state index in [9.17, 15) is 5.26 Å². The number of thiophene rings is 1. The standard InChI is InChI=1S/C24H21N5S/c1-17-20(16-25)30-24-21(17)23(26-22(27-24)18-8-4-2-5-9-18)29-14-12-28(13-15-29)19-10-6-3-7-11-19/h2-11H,12-15H2,1H3. The predicted molar refractivity (Wildman–Crippen MR) is 123 cm³/mol. The molecule has 0 amide bonds. The van der Waals surface area contributed by atoms with Crippen LogP contribution in [0.2, 0.25) is 0 Å². The zero-order valence-corrected chi connectivity index (χ0v) is 17.6. The Labute approximate surface area is 179 Å². The van der Waals surface area contributed by atoms with E-state index in [2.05, 4.69) is 46.2 Å². The first-order chi connectivity index (χ1) is 14.7. The molecule has 0 spiro atoms. The summed E-state index contributed by atoms with van der Waals surface area (Å²) >= 11 is 1.46. The van der Waals surface area contributed by atoms with E-state index in [1.807, 2.05) is 37.3 Å². The molecule has 148 valence electrons. The van der Waals surface area contributed by atoms with Gasteiger partial charge in [-0.1, -0.05) is 48.5 Å². The topological polar surface area (TPSA) is 56.1 Å². The quantitative estimate of drug-likeness (QED) is 0.482. The third-order valence-electron chi connectivity index (χ3n) is 5.61. The molecule has 5 rings (SSSR count). The number of aromatic nitrogens is 2. The highest BCUT2D eigenvalue weighted by Gasteiger charge is 2.24. The number of hydrogen-bond donors (Lipinski definition) is 0. The van der Waals surface area contributed by atoms with Gasteiger partial charge in [0.2, 0.25) is 0 Å². The van der Waals surface area contributed by atoms with Crippen molar-refractivity contribution in [2.75, 3.05) is 36.0 Å². The Kier molecular flexibility index (Phi) is 4.82. The fourth-order valence-corrected chi connectivity index (χ4v) is 4.96.